The SMILES string of the molecule is CCNC(=NCCCc1nnc2ccccn12)NC1CCN(C2CCCC2)C1. The van der Waals surface area contributed by atoms with E-state index in [9.17, 15) is 0 Å². The van der Waals surface area contributed by atoms with E-state index in [0.717, 1.165) is 55.9 Å². The Morgan fingerprint density at radius 1 is 1.21 bits per heavy atom. The predicted molar refractivity (Wildman–Crippen MR) is 113 cm³/mol. The summed E-state index contributed by atoms with van der Waals surface area (Å²) >= 11 is 0. The summed E-state index contributed by atoms with van der Waals surface area (Å²) in [5, 5.41) is 15.6. The van der Waals surface area contributed by atoms with Gasteiger partial charge in [0.2, 0.25) is 0 Å². The summed E-state index contributed by atoms with van der Waals surface area (Å²) in [4.78, 5) is 7.48. The van der Waals surface area contributed by atoms with E-state index in [2.05, 4.69) is 37.1 Å². The zero-order valence-electron chi connectivity index (χ0n) is 17.0. The standard InChI is InChI=1S/C21H33N7/c1-2-22-21(24-17-12-15-27(16-17)18-8-3-4-9-18)23-13-7-11-20-26-25-19-10-5-6-14-28(19)20/h5-6,10,14,17-18H,2-4,7-9,11-13,15-16H2,1H3,(H2,22,23,24). The number of likely N-dealkylation sites (tertiary alicyclic amines) is 1. The van der Waals surface area contributed by atoms with Gasteiger partial charge in [-0.05, 0) is 44.7 Å². The molecule has 2 aromatic heterocycles. The lowest BCUT2D eigenvalue weighted by atomic mass is 10.2. The Balaban J connectivity index is 1.26. The second-order valence-electron chi connectivity index (χ2n) is 7.97. The highest BCUT2D eigenvalue weighted by atomic mass is 15.3. The highest BCUT2D eigenvalue weighted by molar-refractivity contribution is 5.80. The van der Waals surface area contributed by atoms with Crippen molar-refractivity contribution in [2.24, 2.45) is 4.99 Å². The summed E-state index contributed by atoms with van der Waals surface area (Å²) < 4.78 is 2.06. The molecule has 28 heavy (non-hydrogen) atoms. The summed E-state index contributed by atoms with van der Waals surface area (Å²) in [6.07, 6.45) is 10.7. The van der Waals surface area contributed by atoms with Crippen LogP contribution in [-0.2, 0) is 6.42 Å². The van der Waals surface area contributed by atoms with Crippen molar-refractivity contribution in [1.82, 2.24) is 30.1 Å². The van der Waals surface area contributed by atoms with Gasteiger partial charge in [-0.1, -0.05) is 18.9 Å². The maximum absolute atomic E-state index is 4.80. The molecule has 152 valence electrons. The predicted octanol–water partition coefficient (Wildman–Crippen LogP) is 2.23. The van der Waals surface area contributed by atoms with E-state index in [0.29, 0.717) is 6.04 Å². The van der Waals surface area contributed by atoms with Gasteiger partial charge in [0.15, 0.2) is 11.6 Å². The summed E-state index contributed by atoms with van der Waals surface area (Å²) in [6, 6.07) is 7.33. The van der Waals surface area contributed by atoms with Gasteiger partial charge >= 0.3 is 0 Å². The van der Waals surface area contributed by atoms with Crippen LogP contribution in [0.3, 0.4) is 0 Å². The number of rotatable bonds is 7. The molecule has 1 aliphatic heterocycles. The lowest BCUT2D eigenvalue weighted by molar-refractivity contribution is 0.242. The minimum absolute atomic E-state index is 0.513. The first-order chi connectivity index (χ1) is 13.8. The molecule has 4 rings (SSSR count). The number of aryl methyl sites for hydroxylation is 1. The maximum Gasteiger partial charge on any atom is 0.191 e. The maximum atomic E-state index is 4.80. The Morgan fingerprint density at radius 3 is 2.96 bits per heavy atom. The molecule has 2 N–H and O–H groups in total. The second kappa shape index (κ2) is 9.37. The number of nitrogens with zero attached hydrogens (tertiary/aromatic N) is 5. The van der Waals surface area contributed by atoms with Crippen LogP contribution in [0.25, 0.3) is 5.65 Å². The summed E-state index contributed by atoms with van der Waals surface area (Å²) in [7, 11) is 0. The highest BCUT2D eigenvalue weighted by Gasteiger charge is 2.30. The number of nitrogens with one attached hydrogen (secondary N) is 2. The monoisotopic (exact) mass is 383 g/mol. The van der Waals surface area contributed by atoms with Crippen LogP contribution in [0.5, 0.6) is 0 Å². The molecule has 1 unspecified atom stereocenters. The van der Waals surface area contributed by atoms with E-state index >= 15 is 0 Å². The molecule has 0 amide bonds. The van der Waals surface area contributed by atoms with Crippen molar-refractivity contribution in [3.8, 4) is 0 Å². The molecule has 1 atom stereocenters. The van der Waals surface area contributed by atoms with Crippen LogP contribution in [0.1, 0.15) is 51.3 Å². The van der Waals surface area contributed by atoms with E-state index in [4.69, 9.17) is 4.99 Å². The molecule has 1 saturated carbocycles. The number of hydrogen-bond donors (Lipinski definition) is 2. The fraction of sp³-hybridized carbons (Fsp3) is 0.667. The lowest BCUT2D eigenvalue weighted by Crippen LogP contribution is -2.45. The Labute approximate surface area is 167 Å². The highest BCUT2D eigenvalue weighted by Crippen LogP contribution is 2.26. The zero-order valence-corrected chi connectivity index (χ0v) is 17.0. The van der Waals surface area contributed by atoms with Gasteiger partial charge in [0.1, 0.15) is 5.82 Å². The fourth-order valence-electron chi connectivity index (χ4n) is 4.51. The van der Waals surface area contributed by atoms with Crippen molar-refractivity contribution in [3.63, 3.8) is 0 Å². The second-order valence-corrected chi connectivity index (χ2v) is 7.97. The van der Waals surface area contributed by atoms with Crippen LogP contribution in [-0.4, -0.2) is 63.7 Å². The first kappa shape index (κ1) is 19.2. The average Bonchev–Trinajstić information content (AvgIpc) is 3.46. The van der Waals surface area contributed by atoms with E-state index in [1.807, 2.05) is 24.4 Å². The van der Waals surface area contributed by atoms with Crippen LogP contribution >= 0.6 is 0 Å². The number of hydrogen-bond acceptors (Lipinski definition) is 4. The Bertz CT molecular complexity index is 778. The van der Waals surface area contributed by atoms with Crippen LogP contribution in [0, 0.1) is 0 Å². The molecular weight excluding hydrogens is 350 g/mol. The van der Waals surface area contributed by atoms with Gasteiger partial charge in [0.05, 0.1) is 0 Å². The topological polar surface area (TPSA) is 69.8 Å². The molecule has 7 nitrogen and oxygen atoms in total. The van der Waals surface area contributed by atoms with Crippen molar-refractivity contribution in [1.29, 1.82) is 0 Å². The number of aromatic nitrogens is 3. The number of guanidine groups is 1. The summed E-state index contributed by atoms with van der Waals surface area (Å²) in [5.41, 5.74) is 0.907. The minimum Gasteiger partial charge on any atom is -0.357 e. The van der Waals surface area contributed by atoms with Crippen LogP contribution in [0.15, 0.2) is 29.4 Å². The van der Waals surface area contributed by atoms with Crippen molar-refractivity contribution >= 4 is 11.6 Å². The molecule has 0 spiro atoms. The molecule has 7 heteroatoms. The Hall–Kier alpha value is -2.15. The first-order valence-corrected chi connectivity index (χ1v) is 10.9. The van der Waals surface area contributed by atoms with Gasteiger partial charge in [-0.3, -0.25) is 14.3 Å². The summed E-state index contributed by atoms with van der Waals surface area (Å²) in [6.45, 7) is 6.18. The van der Waals surface area contributed by atoms with Gasteiger partial charge < -0.3 is 10.6 Å². The van der Waals surface area contributed by atoms with Crippen molar-refractivity contribution in [2.75, 3.05) is 26.2 Å². The van der Waals surface area contributed by atoms with Crippen molar-refractivity contribution in [2.45, 2.75) is 64.0 Å². The van der Waals surface area contributed by atoms with Crippen LogP contribution in [0.4, 0.5) is 0 Å². The molecule has 2 aromatic rings. The quantitative estimate of drug-likeness (QED) is 0.436. The average molecular weight is 384 g/mol. The third-order valence-corrected chi connectivity index (χ3v) is 5.96. The molecular formula is C21H33N7. The minimum atomic E-state index is 0.513. The van der Waals surface area contributed by atoms with Gasteiger partial charge in [0, 0.05) is 50.9 Å². The summed E-state index contributed by atoms with van der Waals surface area (Å²) in [5.74, 6) is 1.96. The number of pyridine rings is 1. The lowest BCUT2D eigenvalue weighted by Gasteiger charge is -2.24. The molecule has 2 aliphatic rings. The van der Waals surface area contributed by atoms with Crippen LogP contribution in [0.2, 0.25) is 0 Å². The Kier molecular flexibility index (Phi) is 6.41. The van der Waals surface area contributed by atoms with Crippen molar-refractivity contribution < 1.29 is 0 Å². The Morgan fingerprint density at radius 2 is 2.11 bits per heavy atom. The smallest absolute Gasteiger partial charge is 0.191 e. The molecule has 1 aliphatic carbocycles. The fourth-order valence-corrected chi connectivity index (χ4v) is 4.51. The van der Waals surface area contributed by atoms with E-state index in [1.165, 1.54) is 38.6 Å². The van der Waals surface area contributed by atoms with Crippen molar-refractivity contribution in [3.05, 3.63) is 30.2 Å². The zero-order chi connectivity index (χ0) is 19.2. The molecule has 0 aromatic carbocycles. The van der Waals surface area contributed by atoms with E-state index < -0.39 is 0 Å². The van der Waals surface area contributed by atoms with Gasteiger partial charge in [-0.2, -0.15) is 0 Å². The molecule has 3 heterocycles. The van der Waals surface area contributed by atoms with E-state index in [1.54, 1.807) is 0 Å². The molecule has 1 saturated heterocycles. The third kappa shape index (κ3) is 4.63. The van der Waals surface area contributed by atoms with Gasteiger partial charge in [-0.15, -0.1) is 10.2 Å². The van der Waals surface area contributed by atoms with E-state index in [-0.39, 0.29) is 0 Å². The number of fused-ring (bicyclic) bond motifs is 1. The third-order valence-electron chi connectivity index (χ3n) is 5.96. The van der Waals surface area contributed by atoms with Gasteiger partial charge in [0.25, 0.3) is 0 Å². The first-order valence-electron chi connectivity index (χ1n) is 10.9. The number of aliphatic imine (C=N–C) groups is 1. The molecule has 0 radical (unpaired) electrons. The largest absolute Gasteiger partial charge is 0.357 e. The molecule has 2 fully saturated rings. The van der Waals surface area contributed by atoms with Crippen LogP contribution < -0.4 is 10.6 Å². The normalized spacial score (nSPS) is 21.6. The van der Waals surface area contributed by atoms with Gasteiger partial charge in [-0.25, -0.2) is 0 Å². The molecule has 0 bridgehead atoms.